The van der Waals surface area contributed by atoms with E-state index in [1.165, 1.54) is 0 Å². The molecule has 0 aliphatic heterocycles. The molecular formula is C18H22O3. The molecule has 1 N–H and O–H groups in total. The maximum atomic E-state index is 12.7. The van der Waals surface area contributed by atoms with Crippen LogP contribution in [0.15, 0.2) is 36.4 Å². The molecule has 2 aliphatic rings. The van der Waals surface area contributed by atoms with Crippen molar-refractivity contribution in [1.82, 2.24) is 0 Å². The van der Waals surface area contributed by atoms with Crippen molar-refractivity contribution in [2.75, 3.05) is 0 Å². The molecule has 0 spiro atoms. The number of aromatic hydroxyl groups is 1. The fraction of sp³-hybridized carbons (Fsp3) is 0.500. The molecule has 112 valence electrons. The summed E-state index contributed by atoms with van der Waals surface area (Å²) in [5.74, 6) is 0.464. The van der Waals surface area contributed by atoms with Gasteiger partial charge in [0.15, 0.2) is 5.78 Å². The average Bonchev–Trinajstić information content (AvgIpc) is 2.93. The Morgan fingerprint density at radius 2 is 1.95 bits per heavy atom. The van der Waals surface area contributed by atoms with Crippen molar-refractivity contribution < 1.29 is 14.6 Å². The van der Waals surface area contributed by atoms with Crippen LogP contribution in [-0.4, -0.2) is 22.6 Å². The van der Waals surface area contributed by atoms with Crippen molar-refractivity contribution in [3.63, 3.8) is 0 Å². The summed E-state index contributed by atoms with van der Waals surface area (Å²) in [5, 5.41) is 9.89. The number of ether oxygens (including phenoxy) is 1. The molecule has 0 heterocycles. The van der Waals surface area contributed by atoms with Crippen LogP contribution in [-0.2, 0) is 4.74 Å². The molecule has 21 heavy (non-hydrogen) atoms. The van der Waals surface area contributed by atoms with Gasteiger partial charge < -0.3 is 9.84 Å². The molecule has 0 unspecified atom stereocenters. The Hall–Kier alpha value is -1.61. The summed E-state index contributed by atoms with van der Waals surface area (Å²) in [4.78, 5) is 12.7. The zero-order valence-electron chi connectivity index (χ0n) is 12.7. The molecule has 1 fully saturated rings. The number of carbonyl (C=O) groups excluding carboxylic acids is 1. The van der Waals surface area contributed by atoms with Gasteiger partial charge in [-0.05, 0) is 39.3 Å². The molecule has 0 aromatic heterocycles. The van der Waals surface area contributed by atoms with Gasteiger partial charge in [-0.3, -0.25) is 4.79 Å². The number of para-hydroxylation sites is 1. The number of hydrogen-bond acceptors (Lipinski definition) is 3. The number of fused-ring (bicyclic) bond motifs is 2. The van der Waals surface area contributed by atoms with Crippen molar-refractivity contribution in [2.45, 2.75) is 38.9 Å². The van der Waals surface area contributed by atoms with E-state index in [1.54, 1.807) is 24.3 Å². The maximum absolute atomic E-state index is 12.7. The summed E-state index contributed by atoms with van der Waals surface area (Å²) in [6.07, 6.45) is 5.20. The van der Waals surface area contributed by atoms with Gasteiger partial charge in [-0.2, -0.15) is 0 Å². The number of benzene rings is 1. The van der Waals surface area contributed by atoms with Gasteiger partial charge in [0, 0.05) is 17.8 Å². The van der Waals surface area contributed by atoms with Crippen LogP contribution in [0.25, 0.3) is 0 Å². The molecule has 3 rings (SSSR count). The number of hydrogen-bond donors (Lipinski definition) is 1. The minimum absolute atomic E-state index is 0.0347. The smallest absolute Gasteiger partial charge is 0.170 e. The van der Waals surface area contributed by atoms with Gasteiger partial charge >= 0.3 is 0 Å². The number of rotatable bonds is 3. The standard InChI is InChI=1S/C18H22O3/c1-18(2,3)21-17-11-8-9-12(17)14(10-11)16(20)13-6-4-5-7-15(13)19/h4-9,11-12,14,17,19H,10H2,1-3H3/t11-,12+,14+,17+/m1/s1. The predicted octanol–water partition coefficient (Wildman–Crippen LogP) is 3.58. The molecule has 0 radical (unpaired) electrons. The van der Waals surface area contributed by atoms with Crippen LogP contribution in [0, 0.1) is 17.8 Å². The number of phenols is 1. The number of carbonyl (C=O) groups is 1. The van der Waals surface area contributed by atoms with Crippen LogP contribution >= 0.6 is 0 Å². The van der Waals surface area contributed by atoms with Gasteiger partial charge in [-0.15, -0.1) is 0 Å². The van der Waals surface area contributed by atoms with E-state index in [0.717, 1.165) is 6.42 Å². The lowest BCUT2D eigenvalue weighted by molar-refractivity contribution is -0.0769. The predicted molar refractivity (Wildman–Crippen MR) is 81.3 cm³/mol. The largest absolute Gasteiger partial charge is 0.507 e. The minimum Gasteiger partial charge on any atom is -0.507 e. The molecular weight excluding hydrogens is 264 g/mol. The van der Waals surface area contributed by atoms with Crippen LogP contribution in [0.3, 0.4) is 0 Å². The molecule has 3 nitrogen and oxygen atoms in total. The molecule has 3 heteroatoms. The first-order chi connectivity index (χ1) is 9.87. The summed E-state index contributed by atoms with van der Waals surface area (Å²) < 4.78 is 6.15. The number of phenolic OH excluding ortho intramolecular Hbond substituents is 1. The van der Waals surface area contributed by atoms with E-state index in [-0.39, 0.29) is 35.1 Å². The highest BCUT2D eigenvalue weighted by molar-refractivity contribution is 6.00. The quantitative estimate of drug-likeness (QED) is 0.682. The third kappa shape index (κ3) is 2.62. The van der Waals surface area contributed by atoms with E-state index in [9.17, 15) is 9.90 Å². The molecule has 1 aromatic rings. The summed E-state index contributed by atoms with van der Waals surface area (Å²) in [7, 11) is 0. The zero-order chi connectivity index (χ0) is 15.2. The molecule has 0 amide bonds. The Morgan fingerprint density at radius 3 is 2.62 bits per heavy atom. The van der Waals surface area contributed by atoms with Gasteiger partial charge in [-0.25, -0.2) is 0 Å². The molecule has 1 aromatic carbocycles. The van der Waals surface area contributed by atoms with Crippen LogP contribution in [0.2, 0.25) is 0 Å². The van der Waals surface area contributed by atoms with Gasteiger partial charge in [0.2, 0.25) is 0 Å². The second-order valence-corrected chi connectivity index (χ2v) is 7.04. The molecule has 0 saturated heterocycles. The number of ketones is 1. The Morgan fingerprint density at radius 1 is 1.24 bits per heavy atom. The van der Waals surface area contributed by atoms with E-state index in [0.29, 0.717) is 11.5 Å². The lowest BCUT2D eigenvalue weighted by atomic mass is 9.86. The van der Waals surface area contributed by atoms with E-state index >= 15 is 0 Å². The third-order valence-electron chi connectivity index (χ3n) is 4.37. The zero-order valence-corrected chi connectivity index (χ0v) is 12.7. The topological polar surface area (TPSA) is 46.5 Å². The first kappa shape index (κ1) is 14.3. The SMILES string of the molecule is CC(C)(C)O[C@@H]1[C@H]2C=C[C@@H]1C[C@@H]2C(=O)c1ccccc1O. The first-order valence-electron chi connectivity index (χ1n) is 7.55. The van der Waals surface area contributed by atoms with Crippen molar-refractivity contribution >= 4 is 5.78 Å². The Kier molecular flexibility index (Phi) is 3.40. The molecule has 2 aliphatic carbocycles. The average molecular weight is 286 g/mol. The van der Waals surface area contributed by atoms with Gasteiger partial charge in [-0.1, -0.05) is 24.3 Å². The second kappa shape index (κ2) is 4.99. The van der Waals surface area contributed by atoms with Gasteiger partial charge in [0.25, 0.3) is 0 Å². The Labute approximate surface area is 125 Å². The highest BCUT2D eigenvalue weighted by Gasteiger charge is 2.49. The van der Waals surface area contributed by atoms with Crippen molar-refractivity contribution in [3.05, 3.63) is 42.0 Å². The normalized spacial score (nSPS) is 30.8. The second-order valence-electron chi connectivity index (χ2n) is 7.04. The number of Topliss-reactive ketones (excluding diaryl/α,β-unsaturated/α-hetero) is 1. The fourth-order valence-electron chi connectivity index (χ4n) is 3.54. The van der Waals surface area contributed by atoms with E-state index in [4.69, 9.17) is 4.74 Å². The summed E-state index contributed by atoms with van der Waals surface area (Å²) in [6, 6.07) is 6.80. The third-order valence-corrected chi connectivity index (χ3v) is 4.37. The highest BCUT2D eigenvalue weighted by atomic mass is 16.5. The van der Waals surface area contributed by atoms with Crippen molar-refractivity contribution in [3.8, 4) is 5.75 Å². The van der Waals surface area contributed by atoms with Crippen molar-refractivity contribution in [1.29, 1.82) is 0 Å². The van der Waals surface area contributed by atoms with Crippen LogP contribution in [0.5, 0.6) is 5.75 Å². The minimum atomic E-state index is -0.208. The monoisotopic (exact) mass is 286 g/mol. The summed E-state index contributed by atoms with van der Waals surface area (Å²) in [5.41, 5.74) is 0.220. The summed E-state index contributed by atoms with van der Waals surface area (Å²) in [6.45, 7) is 6.14. The fourth-order valence-corrected chi connectivity index (χ4v) is 3.54. The summed E-state index contributed by atoms with van der Waals surface area (Å²) >= 11 is 0. The first-order valence-corrected chi connectivity index (χ1v) is 7.55. The van der Waals surface area contributed by atoms with Gasteiger partial charge in [0.05, 0.1) is 17.3 Å². The molecule has 1 saturated carbocycles. The van der Waals surface area contributed by atoms with Crippen LogP contribution < -0.4 is 0 Å². The lowest BCUT2D eigenvalue weighted by Gasteiger charge is -2.28. The maximum Gasteiger partial charge on any atom is 0.170 e. The Balaban J connectivity index is 1.81. The van der Waals surface area contributed by atoms with Crippen molar-refractivity contribution in [2.24, 2.45) is 17.8 Å². The van der Waals surface area contributed by atoms with Gasteiger partial charge in [0.1, 0.15) is 5.75 Å². The Bertz CT molecular complexity index is 582. The molecule has 2 bridgehead atoms. The van der Waals surface area contributed by atoms with Crippen LogP contribution in [0.1, 0.15) is 37.6 Å². The van der Waals surface area contributed by atoms with Crippen LogP contribution in [0.4, 0.5) is 0 Å². The highest BCUT2D eigenvalue weighted by Crippen LogP contribution is 2.48. The lowest BCUT2D eigenvalue weighted by Crippen LogP contribution is -2.32. The molecule has 4 atom stereocenters. The van der Waals surface area contributed by atoms with E-state index in [2.05, 4.69) is 12.2 Å². The van der Waals surface area contributed by atoms with E-state index in [1.807, 2.05) is 20.8 Å². The van der Waals surface area contributed by atoms with E-state index < -0.39 is 0 Å².